The topological polar surface area (TPSA) is 88.4 Å². The maximum absolute atomic E-state index is 12.5. The zero-order valence-electron chi connectivity index (χ0n) is 16.8. The van der Waals surface area contributed by atoms with Crippen LogP contribution >= 0.6 is 0 Å². The molecule has 1 N–H and O–H groups in total. The minimum Gasteiger partial charge on any atom is -0.482 e. The molecule has 2 aromatic carbocycles. The Morgan fingerprint density at radius 3 is 2.45 bits per heavy atom. The molecule has 0 fully saturated rings. The molecule has 1 amide bonds. The third-order valence-electron chi connectivity index (χ3n) is 3.93. The van der Waals surface area contributed by atoms with Crippen LogP contribution in [0.1, 0.15) is 31.9 Å². The number of amides is 1. The fourth-order valence-electron chi connectivity index (χ4n) is 2.55. The number of hydrogen-bond acceptors (Lipinski definition) is 5. The summed E-state index contributed by atoms with van der Waals surface area (Å²) in [6.07, 6.45) is 2.08. The lowest BCUT2D eigenvalue weighted by Gasteiger charge is -2.10. The molecule has 0 saturated carbocycles. The summed E-state index contributed by atoms with van der Waals surface area (Å²) in [6, 6.07) is 16.1. The summed E-state index contributed by atoms with van der Waals surface area (Å²) in [5.41, 5.74) is 2.34. The fraction of sp³-hybridized carbons (Fsp3) is 0.261. The van der Waals surface area contributed by atoms with Crippen molar-refractivity contribution in [2.75, 3.05) is 11.9 Å². The highest BCUT2D eigenvalue weighted by molar-refractivity contribution is 6.09. The van der Waals surface area contributed by atoms with Crippen molar-refractivity contribution in [3.8, 4) is 11.8 Å². The van der Waals surface area contributed by atoms with E-state index in [0.717, 1.165) is 12.0 Å². The number of rotatable bonds is 8. The quantitative estimate of drug-likeness (QED) is 0.415. The van der Waals surface area contributed by atoms with Crippen LogP contribution in [0, 0.1) is 11.3 Å². The van der Waals surface area contributed by atoms with Crippen molar-refractivity contribution < 1.29 is 19.1 Å². The normalized spacial score (nSPS) is 10.9. The van der Waals surface area contributed by atoms with Gasteiger partial charge in [-0.2, -0.15) is 5.26 Å². The fourth-order valence-corrected chi connectivity index (χ4v) is 2.55. The Morgan fingerprint density at radius 1 is 1.14 bits per heavy atom. The first-order valence-electron chi connectivity index (χ1n) is 9.36. The molecule has 150 valence electrons. The Hall–Kier alpha value is -3.59. The largest absolute Gasteiger partial charge is 0.482 e. The number of anilines is 1. The molecular weight excluding hydrogens is 368 g/mol. The second-order valence-corrected chi connectivity index (χ2v) is 6.53. The second-order valence-electron chi connectivity index (χ2n) is 6.53. The van der Waals surface area contributed by atoms with Crippen LogP contribution in [0.2, 0.25) is 0 Å². The molecule has 2 aromatic rings. The number of aryl methyl sites for hydroxylation is 1. The van der Waals surface area contributed by atoms with Crippen molar-refractivity contribution in [2.24, 2.45) is 0 Å². The van der Waals surface area contributed by atoms with Gasteiger partial charge >= 0.3 is 5.97 Å². The molecule has 0 atom stereocenters. The lowest BCUT2D eigenvalue weighted by molar-refractivity contribution is -0.149. The summed E-state index contributed by atoms with van der Waals surface area (Å²) in [5.74, 6) is -0.424. The van der Waals surface area contributed by atoms with Crippen molar-refractivity contribution in [1.29, 1.82) is 5.26 Å². The predicted molar refractivity (Wildman–Crippen MR) is 111 cm³/mol. The summed E-state index contributed by atoms with van der Waals surface area (Å²) < 4.78 is 10.4. The van der Waals surface area contributed by atoms with Crippen LogP contribution in [0.5, 0.6) is 5.75 Å². The van der Waals surface area contributed by atoms with E-state index < -0.39 is 11.9 Å². The number of carbonyl (C=O) groups is 2. The number of nitriles is 1. The molecule has 0 aliphatic rings. The smallest absolute Gasteiger partial charge is 0.344 e. The highest BCUT2D eigenvalue weighted by Gasteiger charge is 2.11. The average molecular weight is 392 g/mol. The van der Waals surface area contributed by atoms with Gasteiger partial charge in [0, 0.05) is 5.69 Å². The van der Waals surface area contributed by atoms with E-state index in [1.54, 1.807) is 38.1 Å². The minimum absolute atomic E-state index is 0.00918. The number of nitrogens with zero attached hydrogens (tertiary/aromatic N) is 1. The SMILES string of the molecule is CCc1ccccc1NC(=O)/C(C#N)=C\c1ccc(OCC(=O)OC(C)C)cc1. The van der Waals surface area contributed by atoms with E-state index in [9.17, 15) is 14.9 Å². The van der Waals surface area contributed by atoms with Gasteiger partial charge in [-0.15, -0.1) is 0 Å². The van der Waals surface area contributed by atoms with Crippen molar-refractivity contribution in [2.45, 2.75) is 33.3 Å². The maximum Gasteiger partial charge on any atom is 0.344 e. The van der Waals surface area contributed by atoms with Crippen molar-refractivity contribution in [3.05, 3.63) is 65.2 Å². The summed E-state index contributed by atoms with van der Waals surface area (Å²) in [7, 11) is 0. The number of benzene rings is 2. The van der Waals surface area contributed by atoms with Gasteiger partial charge in [-0.25, -0.2) is 4.79 Å². The Kier molecular flexibility index (Phi) is 7.99. The van der Waals surface area contributed by atoms with Gasteiger partial charge in [0.15, 0.2) is 6.61 Å². The van der Waals surface area contributed by atoms with Crippen LogP contribution in [-0.4, -0.2) is 24.6 Å². The second kappa shape index (κ2) is 10.7. The molecule has 2 rings (SSSR count). The molecule has 0 unspecified atom stereocenters. The van der Waals surface area contributed by atoms with Crippen LogP contribution in [0.15, 0.2) is 54.1 Å². The Morgan fingerprint density at radius 2 is 1.83 bits per heavy atom. The van der Waals surface area contributed by atoms with Gasteiger partial charge < -0.3 is 14.8 Å². The van der Waals surface area contributed by atoms with E-state index in [0.29, 0.717) is 17.0 Å². The first-order chi connectivity index (χ1) is 13.9. The van der Waals surface area contributed by atoms with Crippen molar-refractivity contribution in [3.63, 3.8) is 0 Å². The molecule has 6 heteroatoms. The van der Waals surface area contributed by atoms with Crippen LogP contribution in [0.3, 0.4) is 0 Å². The Bertz CT molecular complexity index is 925. The van der Waals surface area contributed by atoms with Gasteiger partial charge in [0.1, 0.15) is 17.4 Å². The van der Waals surface area contributed by atoms with Gasteiger partial charge in [-0.3, -0.25) is 4.79 Å². The third kappa shape index (κ3) is 6.82. The zero-order chi connectivity index (χ0) is 21.2. The van der Waals surface area contributed by atoms with Crippen LogP contribution in [0.4, 0.5) is 5.69 Å². The number of ether oxygens (including phenoxy) is 2. The van der Waals surface area contributed by atoms with E-state index in [1.165, 1.54) is 6.08 Å². The predicted octanol–water partition coefficient (Wildman–Crippen LogP) is 4.13. The monoisotopic (exact) mass is 392 g/mol. The standard InChI is InChI=1S/C23H24N2O4/c1-4-18-7-5-6-8-21(18)25-23(27)19(14-24)13-17-9-11-20(12-10-17)28-15-22(26)29-16(2)3/h5-13,16H,4,15H2,1-3H3,(H,25,27)/b19-13-. The highest BCUT2D eigenvalue weighted by Crippen LogP contribution is 2.18. The van der Waals surface area contributed by atoms with E-state index in [4.69, 9.17) is 9.47 Å². The third-order valence-corrected chi connectivity index (χ3v) is 3.93. The average Bonchev–Trinajstić information content (AvgIpc) is 2.71. The van der Waals surface area contributed by atoms with Gasteiger partial charge in [-0.1, -0.05) is 37.3 Å². The summed E-state index contributed by atoms with van der Waals surface area (Å²) >= 11 is 0. The molecule has 0 aliphatic carbocycles. The molecule has 0 aromatic heterocycles. The Labute approximate surface area is 170 Å². The zero-order valence-corrected chi connectivity index (χ0v) is 16.8. The molecule has 6 nitrogen and oxygen atoms in total. The summed E-state index contributed by atoms with van der Waals surface area (Å²) in [6.45, 7) is 5.35. The van der Waals surface area contributed by atoms with E-state index in [1.807, 2.05) is 37.3 Å². The van der Waals surface area contributed by atoms with Crippen molar-refractivity contribution >= 4 is 23.6 Å². The first kappa shape index (κ1) is 21.7. The van der Waals surface area contributed by atoms with Crippen LogP contribution in [-0.2, 0) is 20.7 Å². The summed E-state index contributed by atoms with van der Waals surface area (Å²) in [5, 5.41) is 12.2. The molecule has 29 heavy (non-hydrogen) atoms. The molecular formula is C23H24N2O4. The number of para-hydroxylation sites is 1. The number of esters is 1. The van der Waals surface area contributed by atoms with E-state index in [-0.39, 0.29) is 18.3 Å². The van der Waals surface area contributed by atoms with Gasteiger partial charge in [0.2, 0.25) is 0 Å². The molecule has 0 aliphatic heterocycles. The number of carbonyl (C=O) groups excluding carboxylic acids is 2. The molecule has 0 radical (unpaired) electrons. The molecule has 0 spiro atoms. The van der Waals surface area contributed by atoms with Crippen LogP contribution < -0.4 is 10.1 Å². The number of hydrogen-bond donors (Lipinski definition) is 1. The van der Waals surface area contributed by atoms with E-state index in [2.05, 4.69) is 5.32 Å². The summed E-state index contributed by atoms with van der Waals surface area (Å²) in [4.78, 5) is 24.0. The Balaban J connectivity index is 2.04. The van der Waals surface area contributed by atoms with Crippen LogP contribution in [0.25, 0.3) is 6.08 Å². The number of nitrogens with one attached hydrogen (secondary N) is 1. The highest BCUT2D eigenvalue weighted by atomic mass is 16.6. The van der Waals surface area contributed by atoms with Crippen molar-refractivity contribution in [1.82, 2.24) is 0 Å². The molecule has 0 bridgehead atoms. The van der Waals surface area contributed by atoms with Gasteiger partial charge in [0.25, 0.3) is 5.91 Å². The first-order valence-corrected chi connectivity index (χ1v) is 9.36. The minimum atomic E-state index is -0.467. The maximum atomic E-state index is 12.5. The molecule has 0 heterocycles. The lowest BCUT2D eigenvalue weighted by Crippen LogP contribution is -2.18. The molecule has 0 saturated heterocycles. The van der Waals surface area contributed by atoms with Gasteiger partial charge in [0.05, 0.1) is 6.10 Å². The van der Waals surface area contributed by atoms with Gasteiger partial charge in [-0.05, 0) is 55.7 Å². The lowest BCUT2D eigenvalue weighted by atomic mass is 10.1. The van der Waals surface area contributed by atoms with E-state index >= 15 is 0 Å².